The van der Waals surface area contributed by atoms with Crippen LogP contribution in [0.4, 0.5) is 5.82 Å². The Balaban J connectivity index is 2.09. The first-order valence-corrected chi connectivity index (χ1v) is 6.62. The average molecular weight is 295 g/mol. The number of anilines is 1. The lowest BCUT2D eigenvalue weighted by Crippen LogP contribution is -1.95. The van der Waals surface area contributed by atoms with Crippen LogP contribution in [0.1, 0.15) is 5.56 Å². The van der Waals surface area contributed by atoms with Crippen molar-refractivity contribution in [3.63, 3.8) is 0 Å². The van der Waals surface area contributed by atoms with E-state index in [1.807, 2.05) is 30.3 Å². The van der Waals surface area contributed by atoms with Gasteiger partial charge in [0.05, 0.1) is 0 Å². The molecular formula is C12H11BrN2S. The largest absolute Gasteiger partial charge is 0.383 e. The molecule has 2 aromatic rings. The van der Waals surface area contributed by atoms with Gasteiger partial charge in [-0.3, -0.25) is 0 Å². The van der Waals surface area contributed by atoms with E-state index in [2.05, 4.69) is 27.0 Å². The van der Waals surface area contributed by atoms with Crippen molar-refractivity contribution in [2.24, 2.45) is 0 Å². The Hall–Kier alpha value is -1.00. The Morgan fingerprint density at radius 2 is 2.00 bits per heavy atom. The molecular weight excluding hydrogens is 284 g/mol. The van der Waals surface area contributed by atoms with Crippen LogP contribution in [0.15, 0.2) is 52.0 Å². The highest BCUT2D eigenvalue weighted by Crippen LogP contribution is 2.30. The normalized spacial score (nSPS) is 10.3. The number of aromatic nitrogens is 1. The first kappa shape index (κ1) is 11.5. The van der Waals surface area contributed by atoms with Gasteiger partial charge in [0.2, 0.25) is 0 Å². The minimum atomic E-state index is 0.613. The molecule has 0 aliphatic carbocycles. The van der Waals surface area contributed by atoms with Crippen LogP contribution in [0.5, 0.6) is 0 Å². The number of hydrogen-bond acceptors (Lipinski definition) is 3. The molecule has 2 rings (SSSR count). The molecule has 0 aliphatic heterocycles. The summed E-state index contributed by atoms with van der Waals surface area (Å²) in [6.45, 7) is 0. The van der Waals surface area contributed by atoms with E-state index in [1.54, 1.807) is 18.0 Å². The molecule has 0 saturated carbocycles. The zero-order valence-electron chi connectivity index (χ0n) is 8.56. The molecule has 0 radical (unpaired) electrons. The third kappa shape index (κ3) is 2.77. The van der Waals surface area contributed by atoms with Gasteiger partial charge in [-0.15, -0.1) is 11.8 Å². The zero-order valence-corrected chi connectivity index (χ0v) is 11.0. The minimum absolute atomic E-state index is 0.613. The molecule has 82 valence electrons. The van der Waals surface area contributed by atoms with Crippen molar-refractivity contribution in [2.75, 3.05) is 5.73 Å². The smallest absolute Gasteiger partial charge is 0.127 e. The quantitative estimate of drug-likeness (QED) is 0.877. The third-order valence-corrected chi connectivity index (χ3v) is 4.22. The summed E-state index contributed by atoms with van der Waals surface area (Å²) in [6, 6.07) is 12.1. The van der Waals surface area contributed by atoms with E-state index in [0.29, 0.717) is 5.82 Å². The zero-order chi connectivity index (χ0) is 11.4. The van der Waals surface area contributed by atoms with Gasteiger partial charge in [-0.25, -0.2) is 4.98 Å². The fraction of sp³-hybridized carbons (Fsp3) is 0.0833. The third-order valence-electron chi connectivity index (χ3n) is 2.15. The molecule has 0 bridgehead atoms. The number of nitrogens with zero attached hydrogens (tertiary/aromatic N) is 1. The van der Waals surface area contributed by atoms with Crippen molar-refractivity contribution < 1.29 is 0 Å². The molecule has 0 atom stereocenters. The standard InChI is InChI=1S/C12H11BrN2S/c13-10-5-1-2-6-11(10)16-8-9-4-3-7-15-12(9)14/h1-7H,8H2,(H2,14,15). The number of nitrogens with two attached hydrogens (primary N) is 1. The molecule has 16 heavy (non-hydrogen) atoms. The number of benzene rings is 1. The van der Waals surface area contributed by atoms with Gasteiger partial charge < -0.3 is 5.73 Å². The second kappa shape index (κ2) is 5.37. The number of thioether (sulfide) groups is 1. The van der Waals surface area contributed by atoms with Gasteiger partial charge in [-0.05, 0) is 34.1 Å². The van der Waals surface area contributed by atoms with Crippen LogP contribution in [0, 0.1) is 0 Å². The van der Waals surface area contributed by atoms with Crippen LogP contribution >= 0.6 is 27.7 Å². The summed E-state index contributed by atoms with van der Waals surface area (Å²) in [5.74, 6) is 1.45. The number of halogens is 1. The predicted molar refractivity (Wildman–Crippen MR) is 72.4 cm³/mol. The topological polar surface area (TPSA) is 38.9 Å². The van der Waals surface area contributed by atoms with Gasteiger partial charge in [0.15, 0.2) is 0 Å². The lowest BCUT2D eigenvalue weighted by molar-refractivity contribution is 1.26. The van der Waals surface area contributed by atoms with Crippen LogP contribution in [-0.4, -0.2) is 4.98 Å². The van der Waals surface area contributed by atoms with Crippen molar-refractivity contribution in [2.45, 2.75) is 10.6 Å². The molecule has 0 unspecified atom stereocenters. The summed E-state index contributed by atoms with van der Waals surface area (Å²) in [4.78, 5) is 5.28. The molecule has 0 spiro atoms. The highest BCUT2D eigenvalue weighted by Gasteiger charge is 2.02. The molecule has 0 amide bonds. The highest BCUT2D eigenvalue weighted by molar-refractivity contribution is 9.10. The van der Waals surface area contributed by atoms with Crippen molar-refractivity contribution in [1.29, 1.82) is 0 Å². The van der Waals surface area contributed by atoms with E-state index >= 15 is 0 Å². The molecule has 2 nitrogen and oxygen atoms in total. The second-order valence-corrected chi connectivity index (χ2v) is 5.14. The fourth-order valence-corrected chi connectivity index (χ4v) is 2.85. The van der Waals surface area contributed by atoms with E-state index < -0.39 is 0 Å². The van der Waals surface area contributed by atoms with Crippen LogP contribution in [0.25, 0.3) is 0 Å². The lowest BCUT2D eigenvalue weighted by Gasteiger charge is -2.05. The van der Waals surface area contributed by atoms with Crippen molar-refractivity contribution in [1.82, 2.24) is 4.98 Å². The summed E-state index contributed by atoms with van der Waals surface area (Å²) in [5.41, 5.74) is 6.86. The summed E-state index contributed by atoms with van der Waals surface area (Å²) in [6.07, 6.45) is 1.71. The number of rotatable bonds is 3. The van der Waals surface area contributed by atoms with E-state index in [0.717, 1.165) is 15.8 Å². The minimum Gasteiger partial charge on any atom is -0.383 e. The van der Waals surface area contributed by atoms with E-state index in [-0.39, 0.29) is 0 Å². The van der Waals surface area contributed by atoms with E-state index in [1.165, 1.54) is 4.90 Å². The van der Waals surface area contributed by atoms with Gasteiger partial charge in [-0.2, -0.15) is 0 Å². The molecule has 1 aromatic heterocycles. The van der Waals surface area contributed by atoms with Crippen LogP contribution in [0.3, 0.4) is 0 Å². The van der Waals surface area contributed by atoms with Crippen LogP contribution in [-0.2, 0) is 5.75 Å². The molecule has 0 aliphatic rings. The average Bonchev–Trinajstić information content (AvgIpc) is 2.30. The number of hydrogen-bond donors (Lipinski definition) is 1. The fourth-order valence-electron chi connectivity index (χ4n) is 1.29. The Morgan fingerprint density at radius 1 is 1.19 bits per heavy atom. The molecule has 0 saturated heterocycles. The monoisotopic (exact) mass is 294 g/mol. The van der Waals surface area contributed by atoms with Crippen LogP contribution < -0.4 is 5.73 Å². The summed E-state index contributed by atoms with van der Waals surface area (Å²) >= 11 is 5.27. The first-order valence-electron chi connectivity index (χ1n) is 4.84. The van der Waals surface area contributed by atoms with Gasteiger partial charge in [0.1, 0.15) is 5.82 Å². The molecule has 1 aromatic carbocycles. The molecule has 4 heteroatoms. The van der Waals surface area contributed by atoms with Gasteiger partial charge in [0.25, 0.3) is 0 Å². The van der Waals surface area contributed by atoms with E-state index in [9.17, 15) is 0 Å². The van der Waals surface area contributed by atoms with Gasteiger partial charge in [-0.1, -0.05) is 18.2 Å². The number of nitrogen functional groups attached to an aromatic ring is 1. The van der Waals surface area contributed by atoms with Crippen molar-refractivity contribution >= 4 is 33.5 Å². The van der Waals surface area contributed by atoms with Crippen molar-refractivity contribution in [3.05, 3.63) is 52.6 Å². The summed E-state index contributed by atoms with van der Waals surface area (Å²) in [7, 11) is 0. The lowest BCUT2D eigenvalue weighted by atomic mass is 10.3. The number of pyridine rings is 1. The second-order valence-electron chi connectivity index (χ2n) is 3.27. The Bertz CT molecular complexity index is 442. The maximum absolute atomic E-state index is 5.79. The highest BCUT2D eigenvalue weighted by atomic mass is 79.9. The summed E-state index contributed by atoms with van der Waals surface area (Å²) < 4.78 is 1.11. The van der Waals surface area contributed by atoms with Gasteiger partial charge >= 0.3 is 0 Å². The van der Waals surface area contributed by atoms with Crippen LogP contribution in [0.2, 0.25) is 0 Å². The van der Waals surface area contributed by atoms with Gasteiger partial charge in [0, 0.05) is 26.9 Å². The Kier molecular flexibility index (Phi) is 3.85. The SMILES string of the molecule is Nc1ncccc1CSc1ccccc1Br. The Labute approximate surface area is 107 Å². The van der Waals surface area contributed by atoms with Crippen molar-refractivity contribution in [3.8, 4) is 0 Å². The molecule has 2 N–H and O–H groups in total. The predicted octanol–water partition coefficient (Wildman–Crippen LogP) is 3.72. The molecule has 0 fully saturated rings. The molecule has 1 heterocycles. The maximum Gasteiger partial charge on any atom is 0.127 e. The maximum atomic E-state index is 5.79. The Morgan fingerprint density at radius 3 is 2.75 bits per heavy atom. The summed E-state index contributed by atoms with van der Waals surface area (Å²) in [5, 5.41) is 0. The first-order chi connectivity index (χ1) is 7.77. The van der Waals surface area contributed by atoms with E-state index in [4.69, 9.17) is 5.73 Å².